The van der Waals surface area contributed by atoms with Gasteiger partial charge in [-0.25, -0.2) is 0 Å². The Morgan fingerprint density at radius 2 is 1.88 bits per heavy atom. The minimum absolute atomic E-state index is 0.343. The van der Waals surface area contributed by atoms with Gasteiger partial charge >= 0.3 is 0 Å². The van der Waals surface area contributed by atoms with Crippen LogP contribution in [0.1, 0.15) is 31.0 Å². The lowest BCUT2D eigenvalue weighted by molar-refractivity contribution is 0.219. The van der Waals surface area contributed by atoms with Crippen molar-refractivity contribution in [3.05, 3.63) is 52.2 Å². The minimum Gasteiger partial charge on any atom is -0.497 e. The number of hydrogen-bond acceptors (Lipinski definition) is 4. The number of thiophene rings is 1. The van der Waals surface area contributed by atoms with Crippen LogP contribution in [-0.4, -0.2) is 44.7 Å². The maximum atomic E-state index is 5.20. The smallest absolute Gasteiger partial charge is 0.191 e. The molecule has 142 valence electrons. The van der Waals surface area contributed by atoms with Crippen LogP contribution in [0.2, 0.25) is 0 Å². The van der Waals surface area contributed by atoms with Crippen molar-refractivity contribution in [2.24, 2.45) is 4.99 Å². The summed E-state index contributed by atoms with van der Waals surface area (Å²) in [6.45, 7) is 8.01. The van der Waals surface area contributed by atoms with E-state index in [2.05, 4.69) is 63.3 Å². The van der Waals surface area contributed by atoms with Gasteiger partial charge in [0, 0.05) is 20.1 Å². The largest absolute Gasteiger partial charge is 0.497 e. The quantitative estimate of drug-likeness (QED) is 0.521. The molecule has 2 aromatic rings. The number of methoxy groups -OCH3 is 1. The van der Waals surface area contributed by atoms with Crippen LogP contribution in [0.5, 0.6) is 5.75 Å². The van der Waals surface area contributed by atoms with Gasteiger partial charge < -0.3 is 15.4 Å². The first-order valence-electron chi connectivity index (χ1n) is 9.05. The summed E-state index contributed by atoms with van der Waals surface area (Å²) in [5.74, 6) is 1.68. The summed E-state index contributed by atoms with van der Waals surface area (Å²) in [4.78, 5) is 6.82. The molecule has 1 aromatic carbocycles. The lowest BCUT2D eigenvalue weighted by Gasteiger charge is -2.30. The van der Waals surface area contributed by atoms with Gasteiger partial charge in [0.1, 0.15) is 5.75 Å². The molecule has 0 amide bonds. The number of rotatable bonds is 9. The molecule has 0 spiro atoms. The van der Waals surface area contributed by atoms with Crippen LogP contribution in [0.4, 0.5) is 0 Å². The molecule has 0 fully saturated rings. The molecule has 1 heterocycles. The van der Waals surface area contributed by atoms with Crippen LogP contribution in [-0.2, 0) is 6.54 Å². The molecule has 5 nitrogen and oxygen atoms in total. The number of aliphatic imine (C=N–C) groups is 1. The van der Waals surface area contributed by atoms with Gasteiger partial charge in [0.05, 0.1) is 13.2 Å². The van der Waals surface area contributed by atoms with Crippen LogP contribution in [0.15, 0.2) is 46.1 Å². The minimum atomic E-state index is 0.343. The van der Waals surface area contributed by atoms with Gasteiger partial charge in [-0.05, 0) is 53.2 Å². The van der Waals surface area contributed by atoms with Gasteiger partial charge in [-0.3, -0.25) is 9.89 Å². The molecule has 1 unspecified atom stereocenters. The lowest BCUT2D eigenvalue weighted by atomic mass is 10.1. The summed E-state index contributed by atoms with van der Waals surface area (Å²) in [6, 6.07) is 10.6. The zero-order valence-corrected chi connectivity index (χ0v) is 17.0. The number of benzene rings is 1. The number of guanidine groups is 1. The zero-order valence-electron chi connectivity index (χ0n) is 16.2. The molecular formula is C20H30N4OS. The molecule has 6 heteroatoms. The van der Waals surface area contributed by atoms with Crippen LogP contribution in [0.25, 0.3) is 0 Å². The van der Waals surface area contributed by atoms with E-state index in [9.17, 15) is 0 Å². The Hall–Kier alpha value is -2.05. The predicted octanol–water partition coefficient (Wildman–Crippen LogP) is 3.50. The molecule has 26 heavy (non-hydrogen) atoms. The molecule has 2 rings (SSSR count). The van der Waals surface area contributed by atoms with Crippen LogP contribution in [0, 0.1) is 0 Å². The van der Waals surface area contributed by atoms with Gasteiger partial charge in [-0.1, -0.05) is 26.0 Å². The summed E-state index contributed by atoms with van der Waals surface area (Å²) >= 11 is 1.75. The van der Waals surface area contributed by atoms with E-state index in [0.29, 0.717) is 6.04 Å². The van der Waals surface area contributed by atoms with E-state index >= 15 is 0 Å². The average Bonchev–Trinajstić information content (AvgIpc) is 3.22. The molecule has 0 saturated carbocycles. The lowest BCUT2D eigenvalue weighted by Crippen LogP contribution is -2.42. The maximum Gasteiger partial charge on any atom is 0.191 e. The molecule has 0 radical (unpaired) electrons. The van der Waals surface area contributed by atoms with Crippen LogP contribution >= 0.6 is 11.3 Å². The Morgan fingerprint density at radius 3 is 2.42 bits per heavy atom. The first-order valence-corrected chi connectivity index (χ1v) is 9.99. The Balaban J connectivity index is 1.93. The Kier molecular flexibility index (Phi) is 8.44. The summed E-state index contributed by atoms with van der Waals surface area (Å²) in [5, 5.41) is 11.2. The second-order valence-electron chi connectivity index (χ2n) is 5.95. The fraction of sp³-hybridized carbons (Fsp3) is 0.450. The topological polar surface area (TPSA) is 48.9 Å². The molecule has 2 N–H and O–H groups in total. The number of nitrogens with one attached hydrogen (secondary N) is 2. The van der Waals surface area contributed by atoms with Crippen molar-refractivity contribution in [3.8, 4) is 5.75 Å². The van der Waals surface area contributed by atoms with E-state index in [1.165, 1.54) is 11.1 Å². The van der Waals surface area contributed by atoms with Gasteiger partial charge in [0.15, 0.2) is 5.96 Å². The molecule has 1 aromatic heterocycles. The highest BCUT2D eigenvalue weighted by atomic mass is 32.1. The molecule has 0 saturated heterocycles. The Labute approximate surface area is 161 Å². The van der Waals surface area contributed by atoms with E-state index < -0.39 is 0 Å². The molecule has 1 atom stereocenters. The summed E-state index contributed by atoms with van der Waals surface area (Å²) in [7, 11) is 3.49. The van der Waals surface area contributed by atoms with Gasteiger partial charge in [-0.2, -0.15) is 11.3 Å². The molecule has 0 aliphatic carbocycles. The standard InChI is InChI=1S/C20H30N4OS/c1-5-24(6-2)19(17-11-12-26-15-17)14-23-20(21-3)22-13-16-7-9-18(25-4)10-8-16/h7-12,15,19H,5-6,13-14H2,1-4H3,(H2,21,22,23). The van der Waals surface area contributed by atoms with Crippen LogP contribution in [0.3, 0.4) is 0 Å². The fourth-order valence-corrected chi connectivity index (χ4v) is 3.64. The van der Waals surface area contributed by atoms with Crippen molar-refractivity contribution < 1.29 is 4.74 Å². The Bertz CT molecular complexity index is 651. The second-order valence-corrected chi connectivity index (χ2v) is 6.73. The highest BCUT2D eigenvalue weighted by Gasteiger charge is 2.18. The van der Waals surface area contributed by atoms with E-state index in [1.54, 1.807) is 25.5 Å². The van der Waals surface area contributed by atoms with Crippen molar-refractivity contribution in [1.29, 1.82) is 0 Å². The van der Waals surface area contributed by atoms with E-state index in [-0.39, 0.29) is 0 Å². The van der Waals surface area contributed by atoms with Gasteiger partial charge in [0.2, 0.25) is 0 Å². The zero-order chi connectivity index (χ0) is 18.8. The molecule has 0 bridgehead atoms. The van der Waals surface area contributed by atoms with Gasteiger partial charge in [0.25, 0.3) is 0 Å². The number of nitrogens with zero attached hydrogens (tertiary/aromatic N) is 2. The first-order chi connectivity index (χ1) is 12.7. The summed E-state index contributed by atoms with van der Waals surface area (Å²) < 4.78 is 5.20. The van der Waals surface area contributed by atoms with E-state index in [0.717, 1.165) is 37.9 Å². The van der Waals surface area contributed by atoms with Crippen molar-refractivity contribution >= 4 is 17.3 Å². The Morgan fingerprint density at radius 1 is 1.15 bits per heavy atom. The number of hydrogen-bond donors (Lipinski definition) is 2. The monoisotopic (exact) mass is 374 g/mol. The maximum absolute atomic E-state index is 5.20. The third kappa shape index (κ3) is 5.75. The van der Waals surface area contributed by atoms with Gasteiger partial charge in [-0.15, -0.1) is 0 Å². The second kappa shape index (κ2) is 10.8. The van der Waals surface area contributed by atoms with Crippen molar-refractivity contribution in [1.82, 2.24) is 15.5 Å². The van der Waals surface area contributed by atoms with E-state index in [1.807, 2.05) is 12.1 Å². The van der Waals surface area contributed by atoms with E-state index in [4.69, 9.17) is 4.74 Å². The molecule has 0 aliphatic heterocycles. The number of likely N-dealkylation sites (N-methyl/N-ethyl adjacent to an activating group) is 1. The highest BCUT2D eigenvalue weighted by molar-refractivity contribution is 7.07. The van der Waals surface area contributed by atoms with Crippen molar-refractivity contribution in [3.63, 3.8) is 0 Å². The first kappa shape index (κ1) is 20.3. The summed E-state index contributed by atoms with van der Waals surface area (Å²) in [6.07, 6.45) is 0. The van der Waals surface area contributed by atoms with Crippen molar-refractivity contribution in [2.45, 2.75) is 26.4 Å². The van der Waals surface area contributed by atoms with Crippen LogP contribution < -0.4 is 15.4 Å². The predicted molar refractivity (Wildman–Crippen MR) is 111 cm³/mol. The highest BCUT2D eigenvalue weighted by Crippen LogP contribution is 2.22. The normalized spacial score (nSPS) is 12.9. The molecule has 0 aliphatic rings. The SMILES string of the molecule is CCN(CC)C(CNC(=NC)NCc1ccc(OC)cc1)c1ccsc1. The third-order valence-electron chi connectivity index (χ3n) is 4.49. The average molecular weight is 375 g/mol. The number of ether oxygens (including phenoxy) is 1. The fourth-order valence-electron chi connectivity index (χ4n) is 2.93. The van der Waals surface area contributed by atoms with Crippen molar-refractivity contribution in [2.75, 3.05) is 33.8 Å². The third-order valence-corrected chi connectivity index (χ3v) is 5.19. The summed E-state index contributed by atoms with van der Waals surface area (Å²) in [5.41, 5.74) is 2.55. The molecular weight excluding hydrogens is 344 g/mol.